The van der Waals surface area contributed by atoms with E-state index in [1.807, 2.05) is 18.2 Å². The summed E-state index contributed by atoms with van der Waals surface area (Å²) in [5, 5.41) is 7.00. The molecule has 0 bridgehead atoms. The molecule has 0 aliphatic carbocycles. The van der Waals surface area contributed by atoms with Crippen LogP contribution in [0.3, 0.4) is 0 Å². The summed E-state index contributed by atoms with van der Waals surface area (Å²) in [6.07, 6.45) is -1.15. The van der Waals surface area contributed by atoms with Gasteiger partial charge in [-0.05, 0) is 37.3 Å². The number of nitrogens with zero attached hydrogens (tertiary/aromatic N) is 2. The van der Waals surface area contributed by atoms with E-state index in [0.29, 0.717) is 5.75 Å². The highest BCUT2D eigenvalue weighted by molar-refractivity contribution is 6.44. The minimum Gasteiger partial charge on any atom is -0.492 e. The van der Waals surface area contributed by atoms with Crippen LogP contribution in [0.25, 0.3) is 0 Å². The minimum absolute atomic E-state index is 0.121. The van der Waals surface area contributed by atoms with E-state index in [1.54, 1.807) is 30.3 Å². The molecule has 0 aliphatic heterocycles. The van der Waals surface area contributed by atoms with Gasteiger partial charge in [-0.2, -0.15) is 5.10 Å². The number of benzene rings is 2. The lowest BCUT2D eigenvalue weighted by Crippen LogP contribution is -2.32. The predicted octanol–water partition coefficient (Wildman–Crippen LogP) is 3.81. The molecule has 0 fully saturated rings. The van der Waals surface area contributed by atoms with E-state index in [2.05, 4.69) is 10.4 Å². The molecule has 1 unspecified atom stereocenters. The van der Waals surface area contributed by atoms with Gasteiger partial charge in [0, 0.05) is 6.07 Å². The van der Waals surface area contributed by atoms with Crippen LogP contribution in [0.5, 0.6) is 5.75 Å². The first kappa shape index (κ1) is 23.3. The number of nitrogens with one attached hydrogen (secondary N) is 1. The van der Waals surface area contributed by atoms with E-state index < -0.39 is 23.5 Å². The van der Waals surface area contributed by atoms with Gasteiger partial charge in [-0.1, -0.05) is 47.5 Å². The second-order valence-corrected chi connectivity index (χ2v) is 7.36. The number of para-hydroxylation sites is 1. The van der Waals surface area contributed by atoms with Crippen molar-refractivity contribution in [1.82, 2.24) is 9.78 Å². The Balaban J connectivity index is 1.60. The first-order valence-corrected chi connectivity index (χ1v) is 10.3. The van der Waals surface area contributed by atoms with Crippen LogP contribution < -0.4 is 15.6 Å². The van der Waals surface area contributed by atoms with Crippen LogP contribution in [0.15, 0.2) is 65.5 Å². The summed E-state index contributed by atoms with van der Waals surface area (Å²) in [6.45, 7) is 1.70. The second kappa shape index (κ2) is 10.8. The van der Waals surface area contributed by atoms with Gasteiger partial charge < -0.3 is 14.8 Å². The average Bonchev–Trinajstić information content (AvgIpc) is 2.78. The summed E-state index contributed by atoms with van der Waals surface area (Å²) in [5.74, 6) is -0.814. The smallest absolute Gasteiger partial charge is 0.359 e. The number of halogens is 2. The standard InChI is InChI=1S/C22H19Cl2N3O5/c1-14(21(29)25-17-9-5-8-16(23)20(17)24)32-22(30)18-10-11-19(28)27(26-18)12-13-31-15-6-3-2-4-7-15/h2-11,14H,12-13H2,1H3,(H,25,29). The van der Waals surface area contributed by atoms with Gasteiger partial charge in [0.15, 0.2) is 11.8 Å². The van der Waals surface area contributed by atoms with Crippen molar-refractivity contribution in [3.63, 3.8) is 0 Å². The van der Waals surface area contributed by atoms with Crippen molar-refractivity contribution >= 4 is 40.8 Å². The van der Waals surface area contributed by atoms with Crippen LogP contribution in [0.2, 0.25) is 10.0 Å². The normalized spacial score (nSPS) is 11.5. The molecule has 1 atom stereocenters. The molecule has 10 heteroatoms. The van der Waals surface area contributed by atoms with Crippen LogP contribution in [0.4, 0.5) is 5.69 Å². The number of esters is 1. The topological polar surface area (TPSA) is 99.5 Å². The van der Waals surface area contributed by atoms with Gasteiger partial charge >= 0.3 is 5.97 Å². The molecule has 1 N–H and O–H groups in total. The van der Waals surface area contributed by atoms with Gasteiger partial charge in [0.05, 0.1) is 22.3 Å². The van der Waals surface area contributed by atoms with E-state index in [0.717, 1.165) is 4.68 Å². The zero-order chi connectivity index (χ0) is 23.1. The maximum absolute atomic E-state index is 12.4. The Labute approximate surface area is 193 Å². The summed E-state index contributed by atoms with van der Waals surface area (Å²) >= 11 is 12.0. The molecule has 32 heavy (non-hydrogen) atoms. The molecule has 0 spiro atoms. The lowest BCUT2D eigenvalue weighted by molar-refractivity contribution is -0.123. The molecular formula is C22H19Cl2N3O5. The van der Waals surface area contributed by atoms with Gasteiger partial charge in [-0.25, -0.2) is 9.48 Å². The third-order valence-corrected chi connectivity index (χ3v) is 5.07. The number of anilines is 1. The lowest BCUT2D eigenvalue weighted by atomic mass is 10.3. The zero-order valence-electron chi connectivity index (χ0n) is 17.0. The van der Waals surface area contributed by atoms with Crippen LogP contribution in [-0.2, 0) is 16.1 Å². The fraction of sp³-hybridized carbons (Fsp3) is 0.182. The number of hydrogen-bond donors (Lipinski definition) is 1. The van der Waals surface area contributed by atoms with Gasteiger partial charge in [0.25, 0.3) is 11.5 Å². The molecule has 0 saturated carbocycles. The Morgan fingerprint density at radius 3 is 2.56 bits per heavy atom. The molecule has 1 aromatic heterocycles. The molecule has 2 aromatic carbocycles. The van der Waals surface area contributed by atoms with Gasteiger partial charge in [-0.15, -0.1) is 0 Å². The van der Waals surface area contributed by atoms with Crippen LogP contribution in [-0.4, -0.2) is 34.4 Å². The summed E-state index contributed by atoms with van der Waals surface area (Å²) < 4.78 is 11.8. The van der Waals surface area contributed by atoms with E-state index in [9.17, 15) is 14.4 Å². The molecule has 3 aromatic rings. The zero-order valence-corrected chi connectivity index (χ0v) is 18.5. The summed E-state index contributed by atoms with van der Waals surface area (Å²) in [7, 11) is 0. The number of hydrogen-bond acceptors (Lipinski definition) is 6. The number of carbonyl (C=O) groups excluding carboxylic acids is 2. The third kappa shape index (κ3) is 6.09. The van der Waals surface area contributed by atoms with Crippen molar-refractivity contribution < 1.29 is 19.1 Å². The highest BCUT2D eigenvalue weighted by Gasteiger charge is 2.21. The van der Waals surface area contributed by atoms with Crippen molar-refractivity contribution in [2.75, 3.05) is 11.9 Å². The lowest BCUT2D eigenvalue weighted by Gasteiger charge is -2.14. The fourth-order valence-corrected chi connectivity index (χ4v) is 2.94. The van der Waals surface area contributed by atoms with Crippen molar-refractivity contribution in [2.24, 2.45) is 0 Å². The Morgan fingerprint density at radius 2 is 1.81 bits per heavy atom. The number of carbonyl (C=O) groups is 2. The van der Waals surface area contributed by atoms with Crippen molar-refractivity contribution in [2.45, 2.75) is 19.6 Å². The van der Waals surface area contributed by atoms with Crippen molar-refractivity contribution in [3.05, 3.63) is 86.8 Å². The van der Waals surface area contributed by atoms with Crippen LogP contribution in [0.1, 0.15) is 17.4 Å². The Hall–Kier alpha value is -3.36. The van der Waals surface area contributed by atoms with Gasteiger partial charge in [0.2, 0.25) is 0 Å². The predicted molar refractivity (Wildman–Crippen MR) is 120 cm³/mol. The second-order valence-electron chi connectivity index (χ2n) is 6.58. The molecule has 166 valence electrons. The number of amides is 1. The highest BCUT2D eigenvalue weighted by atomic mass is 35.5. The molecule has 1 heterocycles. The van der Waals surface area contributed by atoms with Gasteiger partial charge in [0.1, 0.15) is 12.4 Å². The number of ether oxygens (including phenoxy) is 2. The quantitative estimate of drug-likeness (QED) is 0.497. The monoisotopic (exact) mass is 475 g/mol. The van der Waals surface area contributed by atoms with Crippen molar-refractivity contribution in [3.8, 4) is 5.75 Å². The molecule has 0 saturated heterocycles. The minimum atomic E-state index is -1.15. The maximum Gasteiger partial charge on any atom is 0.359 e. The molecule has 1 amide bonds. The first-order chi connectivity index (χ1) is 15.3. The molecule has 8 nitrogen and oxygen atoms in total. The summed E-state index contributed by atoms with van der Waals surface area (Å²) in [4.78, 5) is 36.8. The SMILES string of the molecule is CC(OC(=O)c1ccc(=O)n(CCOc2ccccc2)n1)C(=O)Nc1cccc(Cl)c1Cl. The molecule has 0 radical (unpaired) electrons. The fourth-order valence-electron chi connectivity index (χ4n) is 2.59. The first-order valence-electron chi connectivity index (χ1n) is 9.57. The number of aromatic nitrogens is 2. The summed E-state index contributed by atoms with van der Waals surface area (Å²) in [5.41, 5.74) is -0.235. The van der Waals surface area contributed by atoms with Gasteiger partial charge in [-0.3, -0.25) is 9.59 Å². The van der Waals surface area contributed by atoms with E-state index in [4.69, 9.17) is 32.7 Å². The van der Waals surface area contributed by atoms with E-state index in [1.165, 1.54) is 19.1 Å². The third-order valence-electron chi connectivity index (χ3n) is 4.25. The van der Waals surface area contributed by atoms with Crippen LogP contribution >= 0.6 is 23.2 Å². The van der Waals surface area contributed by atoms with Crippen molar-refractivity contribution in [1.29, 1.82) is 0 Å². The highest BCUT2D eigenvalue weighted by Crippen LogP contribution is 2.29. The molecule has 0 aliphatic rings. The van der Waals surface area contributed by atoms with Crippen LogP contribution in [0, 0.1) is 0 Å². The van der Waals surface area contributed by atoms with E-state index in [-0.39, 0.29) is 34.6 Å². The largest absolute Gasteiger partial charge is 0.492 e. The average molecular weight is 476 g/mol. The van der Waals surface area contributed by atoms with E-state index >= 15 is 0 Å². The Kier molecular flexibility index (Phi) is 7.86. The Morgan fingerprint density at radius 1 is 1.06 bits per heavy atom. The Bertz CT molecular complexity index is 1170. The molecular weight excluding hydrogens is 457 g/mol. The number of rotatable bonds is 8. The molecule has 3 rings (SSSR count). The summed E-state index contributed by atoms with van der Waals surface area (Å²) in [6, 6.07) is 16.3. The maximum atomic E-state index is 12.4.